The summed E-state index contributed by atoms with van der Waals surface area (Å²) in [4.78, 5) is 11.7. The average molecular weight is 230 g/mol. The van der Waals surface area contributed by atoms with Crippen LogP contribution in [-0.2, 0) is 9.53 Å². The number of nitrogens with one attached hydrogen (secondary N) is 2. The van der Waals surface area contributed by atoms with E-state index in [1.54, 1.807) is 7.11 Å². The van der Waals surface area contributed by atoms with Crippen LogP contribution in [0.2, 0.25) is 0 Å². The topological polar surface area (TPSA) is 70.6 Å². The first-order valence-electron chi connectivity index (χ1n) is 5.89. The van der Waals surface area contributed by atoms with Gasteiger partial charge in [-0.15, -0.1) is 0 Å². The van der Waals surface area contributed by atoms with Crippen molar-refractivity contribution in [3.8, 4) is 0 Å². The van der Waals surface area contributed by atoms with Gasteiger partial charge in [-0.2, -0.15) is 0 Å². The highest BCUT2D eigenvalue weighted by Gasteiger charge is 2.28. The second-order valence-electron chi connectivity index (χ2n) is 4.20. The molecule has 0 aromatic rings. The van der Waals surface area contributed by atoms with Gasteiger partial charge in [-0.25, -0.2) is 0 Å². The van der Waals surface area contributed by atoms with Gasteiger partial charge >= 0.3 is 0 Å². The molecule has 0 aliphatic carbocycles. The van der Waals surface area contributed by atoms with Gasteiger partial charge < -0.3 is 20.5 Å². The van der Waals surface area contributed by atoms with Crippen molar-refractivity contribution in [1.82, 2.24) is 10.6 Å². The Bertz CT molecular complexity index is 223. The zero-order valence-corrected chi connectivity index (χ0v) is 10.0. The highest BCUT2D eigenvalue weighted by molar-refractivity contribution is 5.82. The molecule has 3 N–H and O–H groups in total. The van der Waals surface area contributed by atoms with Crippen molar-refractivity contribution in [3.63, 3.8) is 0 Å². The third-order valence-electron chi connectivity index (χ3n) is 2.99. The summed E-state index contributed by atoms with van der Waals surface area (Å²) in [5.41, 5.74) is 0. The molecule has 0 aromatic carbocycles. The third kappa shape index (κ3) is 4.08. The molecule has 1 heterocycles. The van der Waals surface area contributed by atoms with Gasteiger partial charge in [-0.3, -0.25) is 4.79 Å². The Morgan fingerprint density at radius 2 is 2.44 bits per heavy atom. The molecule has 0 spiro atoms. The molecule has 0 aromatic heterocycles. The van der Waals surface area contributed by atoms with Crippen LogP contribution in [0.3, 0.4) is 0 Å². The highest BCUT2D eigenvalue weighted by atomic mass is 16.5. The molecule has 0 bridgehead atoms. The molecule has 5 heteroatoms. The van der Waals surface area contributed by atoms with Crippen LogP contribution in [0.4, 0.5) is 0 Å². The van der Waals surface area contributed by atoms with Crippen LogP contribution in [0.25, 0.3) is 0 Å². The average Bonchev–Trinajstić information content (AvgIpc) is 2.77. The van der Waals surface area contributed by atoms with Gasteiger partial charge in [0.2, 0.25) is 5.91 Å². The standard InChI is InChI=1S/C11H22N2O3/c1-3-8(14)4-5-12-11(15)10-6-9(16-2)7-13-10/h8-10,13-14H,3-7H2,1-2H3,(H,12,15). The number of hydrogen-bond donors (Lipinski definition) is 3. The highest BCUT2D eigenvalue weighted by Crippen LogP contribution is 2.09. The van der Waals surface area contributed by atoms with E-state index in [9.17, 15) is 9.90 Å². The summed E-state index contributed by atoms with van der Waals surface area (Å²) in [7, 11) is 1.66. The number of carbonyl (C=O) groups excluding carboxylic acids is 1. The van der Waals surface area contributed by atoms with E-state index in [0.29, 0.717) is 13.0 Å². The molecule has 1 rings (SSSR count). The van der Waals surface area contributed by atoms with Gasteiger partial charge in [0, 0.05) is 20.2 Å². The predicted octanol–water partition coefficient (Wildman–Crippen LogP) is -0.359. The van der Waals surface area contributed by atoms with E-state index in [0.717, 1.165) is 19.4 Å². The van der Waals surface area contributed by atoms with Crippen LogP contribution < -0.4 is 10.6 Å². The first kappa shape index (κ1) is 13.4. The fourth-order valence-electron chi connectivity index (χ4n) is 1.77. The Labute approximate surface area is 96.6 Å². The van der Waals surface area contributed by atoms with Crippen LogP contribution in [0.15, 0.2) is 0 Å². The van der Waals surface area contributed by atoms with Crippen LogP contribution >= 0.6 is 0 Å². The molecule has 5 nitrogen and oxygen atoms in total. The summed E-state index contributed by atoms with van der Waals surface area (Å²) >= 11 is 0. The lowest BCUT2D eigenvalue weighted by Crippen LogP contribution is -2.41. The van der Waals surface area contributed by atoms with E-state index in [1.807, 2.05) is 6.92 Å². The SMILES string of the molecule is CCC(O)CCNC(=O)C1CC(OC)CN1. The molecule has 1 aliphatic rings. The summed E-state index contributed by atoms with van der Waals surface area (Å²) in [5.74, 6) is 0.00264. The van der Waals surface area contributed by atoms with Crippen molar-refractivity contribution < 1.29 is 14.6 Å². The third-order valence-corrected chi connectivity index (χ3v) is 2.99. The van der Waals surface area contributed by atoms with E-state index >= 15 is 0 Å². The molecule has 16 heavy (non-hydrogen) atoms. The van der Waals surface area contributed by atoms with Gasteiger partial charge in [-0.05, 0) is 19.3 Å². The minimum atomic E-state index is -0.316. The minimum Gasteiger partial charge on any atom is -0.393 e. The zero-order chi connectivity index (χ0) is 12.0. The number of methoxy groups -OCH3 is 1. The molecule has 0 radical (unpaired) electrons. The number of ether oxygens (including phenoxy) is 1. The van der Waals surface area contributed by atoms with Crippen molar-refractivity contribution in [3.05, 3.63) is 0 Å². The number of carbonyl (C=O) groups is 1. The summed E-state index contributed by atoms with van der Waals surface area (Å²) in [6, 6.07) is -0.149. The van der Waals surface area contributed by atoms with Gasteiger partial charge in [0.25, 0.3) is 0 Å². The van der Waals surface area contributed by atoms with Crippen molar-refractivity contribution >= 4 is 5.91 Å². The number of rotatable bonds is 6. The normalized spacial score (nSPS) is 26.7. The van der Waals surface area contributed by atoms with Gasteiger partial charge in [0.05, 0.1) is 18.2 Å². The molecule has 0 saturated carbocycles. The fourth-order valence-corrected chi connectivity index (χ4v) is 1.77. The Kier molecular flexibility index (Phi) is 5.73. The van der Waals surface area contributed by atoms with Crippen molar-refractivity contribution in [2.45, 2.75) is 44.4 Å². The molecule has 1 fully saturated rings. The summed E-state index contributed by atoms with van der Waals surface area (Å²) in [5, 5.41) is 15.3. The van der Waals surface area contributed by atoms with Crippen molar-refractivity contribution in [2.24, 2.45) is 0 Å². The molecule has 3 atom stereocenters. The maximum atomic E-state index is 11.7. The summed E-state index contributed by atoms with van der Waals surface area (Å²) < 4.78 is 5.17. The Balaban J connectivity index is 2.16. The number of amides is 1. The Morgan fingerprint density at radius 3 is 3.00 bits per heavy atom. The van der Waals surface area contributed by atoms with Crippen LogP contribution in [-0.4, -0.2) is 49.5 Å². The monoisotopic (exact) mass is 230 g/mol. The van der Waals surface area contributed by atoms with Gasteiger partial charge in [-0.1, -0.05) is 6.92 Å². The van der Waals surface area contributed by atoms with E-state index in [2.05, 4.69) is 10.6 Å². The largest absolute Gasteiger partial charge is 0.393 e. The van der Waals surface area contributed by atoms with Crippen LogP contribution in [0.1, 0.15) is 26.2 Å². The minimum absolute atomic E-state index is 0.00264. The lowest BCUT2D eigenvalue weighted by atomic mass is 10.1. The second kappa shape index (κ2) is 6.83. The van der Waals surface area contributed by atoms with Gasteiger partial charge in [0.15, 0.2) is 0 Å². The Hall–Kier alpha value is -0.650. The molecule has 3 unspecified atom stereocenters. The van der Waals surface area contributed by atoms with Crippen LogP contribution in [0, 0.1) is 0 Å². The molecule has 94 valence electrons. The smallest absolute Gasteiger partial charge is 0.237 e. The van der Waals surface area contributed by atoms with E-state index in [-0.39, 0.29) is 24.2 Å². The first-order chi connectivity index (χ1) is 7.67. The molecule has 1 aliphatic heterocycles. The van der Waals surface area contributed by atoms with E-state index in [4.69, 9.17) is 4.74 Å². The molecular weight excluding hydrogens is 208 g/mol. The quantitative estimate of drug-likeness (QED) is 0.583. The maximum Gasteiger partial charge on any atom is 0.237 e. The lowest BCUT2D eigenvalue weighted by molar-refractivity contribution is -0.123. The maximum absolute atomic E-state index is 11.7. The van der Waals surface area contributed by atoms with E-state index in [1.165, 1.54) is 0 Å². The van der Waals surface area contributed by atoms with Crippen molar-refractivity contribution in [1.29, 1.82) is 0 Å². The summed E-state index contributed by atoms with van der Waals surface area (Å²) in [6.07, 6.45) is 1.88. The number of hydrogen-bond acceptors (Lipinski definition) is 4. The number of aliphatic hydroxyl groups is 1. The molecular formula is C11H22N2O3. The lowest BCUT2D eigenvalue weighted by Gasteiger charge is -2.12. The summed E-state index contributed by atoms with van der Waals surface area (Å²) in [6.45, 7) is 3.18. The zero-order valence-electron chi connectivity index (χ0n) is 10.0. The number of aliphatic hydroxyl groups excluding tert-OH is 1. The van der Waals surface area contributed by atoms with E-state index < -0.39 is 0 Å². The fraction of sp³-hybridized carbons (Fsp3) is 0.909. The van der Waals surface area contributed by atoms with Crippen LogP contribution in [0.5, 0.6) is 0 Å². The first-order valence-corrected chi connectivity index (χ1v) is 5.89. The second-order valence-corrected chi connectivity index (χ2v) is 4.20. The van der Waals surface area contributed by atoms with Crippen molar-refractivity contribution in [2.75, 3.05) is 20.2 Å². The Morgan fingerprint density at radius 1 is 1.69 bits per heavy atom. The molecule has 1 saturated heterocycles. The molecule has 1 amide bonds. The van der Waals surface area contributed by atoms with Gasteiger partial charge in [0.1, 0.15) is 0 Å². The predicted molar refractivity (Wildman–Crippen MR) is 61.1 cm³/mol.